The number of benzene rings is 1. The summed E-state index contributed by atoms with van der Waals surface area (Å²) in [7, 11) is 1.66. The molecular formula is C50H68N2O12. The highest BCUT2D eigenvalue weighted by atomic mass is 16.6. The van der Waals surface area contributed by atoms with Crippen LogP contribution in [0.25, 0.3) is 0 Å². The van der Waals surface area contributed by atoms with Gasteiger partial charge < -0.3 is 54.9 Å². The second-order valence-electron chi connectivity index (χ2n) is 22.0. The van der Waals surface area contributed by atoms with Gasteiger partial charge in [-0.3, -0.25) is 14.9 Å². The molecule has 5 heterocycles. The molecular weight excluding hydrogens is 821 g/mol. The fraction of sp³-hybridized carbons (Fsp3) is 0.760. The molecule has 3 saturated heterocycles. The highest BCUT2D eigenvalue weighted by Gasteiger charge is 2.77. The number of carbonyl (C=O) groups excluding carboxylic acids is 2. The van der Waals surface area contributed by atoms with Crippen LogP contribution >= 0.6 is 0 Å². The van der Waals surface area contributed by atoms with Crippen LogP contribution in [-0.4, -0.2) is 139 Å². The third-order valence-corrected chi connectivity index (χ3v) is 19.4. The van der Waals surface area contributed by atoms with Gasteiger partial charge in [0.2, 0.25) is 11.7 Å². The number of methoxy groups -OCH3 is 1. The molecule has 14 heteroatoms. The number of hydrogen-bond acceptors (Lipinski definition) is 13. The lowest BCUT2D eigenvalue weighted by Gasteiger charge is -2.64. The predicted molar refractivity (Wildman–Crippen MR) is 231 cm³/mol. The van der Waals surface area contributed by atoms with Crippen molar-refractivity contribution in [1.82, 2.24) is 10.2 Å². The van der Waals surface area contributed by atoms with E-state index in [1.807, 2.05) is 19.1 Å². The van der Waals surface area contributed by atoms with Gasteiger partial charge in [0.1, 0.15) is 29.8 Å². The Bertz CT molecular complexity index is 2130. The maximum Gasteiger partial charge on any atom is 0.240 e. The van der Waals surface area contributed by atoms with E-state index < -0.39 is 93.4 Å². The number of rotatable bonds is 7. The monoisotopic (exact) mass is 888 g/mol. The molecule has 17 atom stereocenters. The number of aromatic hydroxyl groups is 1. The molecule has 0 aromatic heterocycles. The number of amides is 1. The van der Waals surface area contributed by atoms with E-state index in [0.29, 0.717) is 83.1 Å². The molecule has 1 amide bonds. The van der Waals surface area contributed by atoms with Crippen molar-refractivity contribution in [2.45, 2.75) is 157 Å². The van der Waals surface area contributed by atoms with Crippen LogP contribution in [-0.2, 0) is 23.8 Å². The topological polar surface area (TPSA) is 218 Å². The van der Waals surface area contributed by atoms with Crippen LogP contribution in [0.3, 0.4) is 0 Å². The van der Waals surface area contributed by atoms with Gasteiger partial charge in [-0.15, -0.1) is 5.92 Å². The Kier molecular flexibility index (Phi) is 10.7. The molecule has 350 valence electrons. The van der Waals surface area contributed by atoms with Crippen molar-refractivity contribution in [3.05, 3.63) is 41.5 Å². The van der Waals surface area contributed by atoms with E-state index in [-0.39, 0.29) is 48.3 Å². The molecule has 1 aromatic carbocycles. The highest BCUT2D eigenvalue weighted by Crippen LogP contribution is 2.74. The number of aliphatic hydroxyl groups is 6. The average molecular weight is 889 g/mol. The number of hydrogen-bond donors (Lipinski definition) is 8. The Hall–Kier alpha value is -2.94. The summed E-state index contributed by atoms with van der Waals surface area (Å²) in [5, 5.41) is 88.4. The number of nitrogens with one attached hydrogen (secondary N) is 1. The first-order valence-electron chi connectivity index (χ1n) is 23.9. The zero-order chi connectivity index (χ0) is 45.4. The minimum atomic E-state index is -3.02. The number of ketones is 1. The molecule has 0 radical (unpaired) electrons. The minimum absolute atomic E-state index is 0.0464. The molecule has 8 N–H and O–H groups in total. The molecule has 7 bridgehead atoms. The quantitative estimate of drug-likeness (QED) is 0.0857. The maximum absolute atomic E-state index is 15.0. The van der Waals surface area contributed by atoms with Crippen molar-refractivity contribution < 1.29 is 59.5 Å². The van der Waals surface area contributed by atoms with Crippen molar-refractivity contribution in [1.29, 1.82) is 0 Å². The molecule has 1 aromatic rings. The summed E-state index contributed by atoms with van der Waals surface area (Å²) in [4.78, 5) is 31.4. The summed E-state index contributed by atoms with van der Waals surface area (Å²) < 4.78 is 18.1. The largest absolute Gasteiger partial charge is 0.508 e. The second-order valence-corrected chi connectivity index (χ2v) is 22.0. The Balaban J connectivity index is 1.08. The number of aliphatic hydroxyl groups excluding tert-OH is 2. The zero-order valence-electron chi connectivity index (χ0n) is 37.7. The normalized spacial score (nSPS) is 48.8. The molecule has 14 nitrogen and oxygen atoms in total. The van der Waals surface area contributed by atoms with E-state index in [2.05, 4.69) is 24.1 Å². The number of piperidine rings is 1. The summed E-state index contributed by atoms with van der Waals surface area (Å²) in [6.07, 6.45) is 3.21. The number of fused-ring (bicyclic) bond motifs is 4. The molecule has 11 rings (SSSR count). The van der Waals surface area contributed by atoms with Gasteiger partial charge in [0.15, 0.2) is 5.78 Å². The molecule has 5 aliphatic heterocycles. The van der Waals surface area contributed by atoms with Crippen molar-refractivity contribution in [3.63, 3.8) is 0 Å². The second kappa shape index (κ2) is 15.3. The van der Waals surface area contributed by atoms with Gasteiger partial charge in [0.05, 0.1) is 29.2 Å². The number of nitrogens with zero attached hydrogens (tertiary/aromatic N) is 1. The summed E-state index contributed by atoms with van der Waals surface area (Å²) in [6, 6.07) is 5.90. The predicted octanol–water partition coefficient (Wildman–Crippen LogP) is 2.64. The smallest absolute Gasteiger partial charge is 0.240 e. The SMILES string of the molecule is COCCCOC1CCC2(C)C(C1)C(=O)C=C1C3(O)CCC4C(C)(O)C(O)(O)C5OC6C(O)NC(C(=O)N7CC7CC#CC12CCC43C)C1(CCC(c2ccc(O)cc2)C1)C6C5CO. The number of phenolic OH excluding ortho intramolecular Hbond substituents is 1. The van der Waals surface area contributed by atoms with Crippen LogP contribution in [0.1, 0.15) is 109 Å². The summed E-state index contributed by atoms with van der Waals surface area (Å²) in [6.45, 7) is 6.38. The van der Waals surface area contributed by atoms with E-state index in [1.165, 1.54) is 6.92 Å². The Morgan fingerprint density at radius 2 is 1.72 bits per heavy atom. The summed E-state index contributed by atoms with van der Waals surface area (Å²) in [5.74, 6) is 0.958. The fourth-order valence-electron chi connectivity index (χ4n) is 15.8. The van der Waals surface area contributed by atoms with Crippen LogP contribution in [0.2, 0.25) is 0 Å². The van der Waals surface area contributed by atoms with Crippen molar-refractivity contribution in [3.8, 4) is 17.6 Å². The Morgan fingerprint density at radius 1 is 0.953 bits per heavy atom. The van der Waals surface area contributed by atoms with E-state index in [0.717, 1.165) is 12.0 Å². The van der Waals surface area contributed by atoms with Gasteiger partial charge in [0, 0.05) is 74.4 Å². The first-order chi connectivity index (χ1) is 30.3. The van der Waals surface area contributed by atoms with Crippen molar-refractivity contribution in [2.24, 2.45) is 45.3 Å². The first-order valence-corrected chi connectivity index (χ1v) is 23.9. The van der Waals surface area contributed by atoms with Crippen LogP contribution in [0.15, 0.2) is 35.9 Å². The molecule has 64 heavy (non-hydrogen) atoms. The molecule has 2 spiro atoms. The third-order valence-electron chi connectivity index (χ3n) is 19.4. The Morgan fingerprint density at radius 3 is 2.45 bits per heavy atom. The molecule has 10 aliphatic rings. The van der Waals surface area contributed by atoms with Gasteiger partial charge in [0.25, 0.3) is 0 Å². The fourth-order valence-corrected chi connectivity index (χ4v) is 15.8. The average Bonchev–Trinajstić information content (AvgIpc) is 3.55. The third kappa shape index (κ3) is 6.07. The molecule has 5 aliphatic carbocycles. The van der Waals surface area contributed by atoms with Gasteiger partial charge in [-0.2, -0.15) is 0 Å². The number of ether oxygens (including phenoxy) is 3. The number of carbonyl (C=O) groups is 2. The maximum atomic E-state index is 15.0. The number of allylic oxidation sites excluding steroid dienone is 1. The van der Waals surface area contributed by atoms with Gasteiger partial charge in [-0.1, -0.05) is 31.9 Å². The number of phenols is 1. The standard InChI is InChI=1S/C50H68N2O12/c1-44-16-13-32(63-22-6-21-62-4)23-34(44)35(55)24-37-48(44)15-5-7-30-26-52(30)43(57)40-47(17-12-29(25-47)28-8-10-31(54)11-9-28)38-33(27-53)41(64-39(38)42(56)51-40)50(60,61)46(3,58)36-14-18-49(37,59)45(36,2)19-20-48/h8-11,24,29-30,32-34,36,38-42,51,53-54,56,58-61H,6-7,12-14,16-23,25-27H2,1-4H3. The molecule has 4 saturated carbocycles. The minimum Gasteiger partial charge on any atom is -0.508 e. The summed E-state index contributed by atoms with van der Waals surface area (Å²) >= 11 is 0. The van der Waals surface area contributed by atoms with Gasteiger partial charge in [-0.05, 0) is 118 Å². The van der Waals surface area contributed by atoms with E-state index >= 15 is 4.79 Å². The highest BCUT2D eigenvalue weighted by molar-refractivity contribution is 5.96. The summed E-state index contributed by atoms with van der Waals surface area (Å²) in [5.41, 5.74) is -6.17. The van der Waals surface area contributed by atoms with Gasteiger partial charge in [-0.25, -0.2) is 0 Å². The van der Waals surface area contributed by atoms with Crippen molar-refractivity contribution >= 4 is 11.7 Å². The van der Waals surface area contributed by atoms with Crippen molar-refractivity contribution in [2.75, 3.05) is 33.5 Å². The molecule has 7 fully saturated rings. The van der Waals surface area contributed by atoms with E-state index in [9.17, 15) is 40.5 Å². The van der Waals surface area contributed by atoms with E-state index in [4.69, 9.17) is 14.2 Å². The van der Waals surface area contributed by atoms with Crippen LogP contribution in [0.4, 0.5) is 0 Å². The first kappa shape index (κ1) is 44.9. The lowest BCUT2D eigenvalue weighted by atomic mass is 9.39. The van der Waals surface area contributed by atoms with Crippen LogP contribution < -0.4 is 5.32 Å². The zero-order valence-corrected chi connectivity index (χ0v) is 37.7. The van der Waals surface area contributed by atoms with Crippen LogP contribution in [0, 0.1) is 57.2 Å². The van der Waals surface area contributed by atoms with Gasteiger partial charge >= 0.3 is 0 Å². The Labute approximate surface area is 375 Å². The molecule has 17 unspecified atom stereocenters. The lowest BCUT2D eigenvalue weighted by molar-refractivity contribution is -0.345. The van der Waals surface area contributed by atoms with Crippen LogP contribution in [0.5, 0.6) is 5.75 Å². The lowest BCUT2D eigenvalue weighted by Crippen LogP contribution is -2.70. The van der Waals surface area contributed by atoms with E-state index in [1.54, 1.807) is 30.2 Å².